The Labute approximate surface area is 167 Å². The first-order valence-electron chi connectivity index (χ1n) is 9.51. The average molecular weight is 388 g/mol. The molecular weight excluding hydrogens is 368 g/mol. The number of nitrogens with one attached hydrogen (secondary N) is 3. The maximum Gasteiger partial charge on any atom is 0.225 e. The van der Waals surface area contributed by atoms with Gasteiger partial charge in [0, 0.05) is 53.5 Å². The summed E-state index contributed by atoms with van der Waals surface area (Å²) in [5.74, 6) is 3.27. The van der Waals surface area contributed by atoms with E-state index < -0.39 is 0 Å². The molecule has 0 aromatic carbocycles. The standard InChI is InChI=1S/C20H20N8O/c1-12-8-18(24-19-10-16(26-27-19)13-2-3-13)25-20(23-12)22-11-15-9-17(28-29-15)14-4-6-21-7-5-14/h4-10,13H,2-3,11H2,1H3,(H3,22,23,24,25,26,27). The zero-order valence-corrected chi connectivity index (χ0v) is 15.9. The first kappa shape index (κ1) is 17.4. The van der Waals surface area contributed by atoms with Crippen LogP contribution in [0, 0.1) is 6.92 Å². The number of anilines is 3. The third kappa shape index (κ3) is 4.08. The van der Waals surface area contributed by atoms with Crippen molar-refractivity contribution in [1.29, 1.82) is 0 Å². The predicted octanol–water partition coefficient (Wildman–Crippen LogP) is 3.79. The number of rotatable bonds is 7. The lowest BCUT2D eigenvalue weighted by Crippen LogP contribution is -2.06. The third-order valence-corrected chi connectivity index (χ3v) is 4.68. The topological polar surface area (TPSA) is 117 Å². The second-order valence-electron chi connectivity index (χ2n) is 7.09. The minimum atomic E-state index is 0.426. The van der Waals surface area contributed by atoms with Gasteiger partial charge < -0.3 is 15.2 Å². The maximum atomic E-state index is 5.41. The van der Waals surface area contributed by atoms with E-state index in [4.69, 9.17) is 4.52 Å². The minimum Gasteiger partial charge on any atom is -0.359 e. The summed E-state index contributed by atoms with van der Waals surface area (Å²) in [6, 6.07) is 9.59. The van der Waals surface area contributed by atoms with E-state index in [9.17, 15) is 0 Å². The second-order valence-corrected chi connectivity index (χ2v) is 7.09. The molecular formula is C20H20N8O. The molecule has 9 heteroatoms. The van der Waals surface area contributed by atoms with Crippen LogP contribution >= 0.6 is 0 Å². The summed E-state index contributed by atoms with van der Waals surface area (Å²) >= 11 is 0. The zero-order chi connectivity index (χ0) is 19.6. The maximum absolute atomic E-state index is 5.41. The lowest BCUT2D eigenvalue weighted by atomic mass is 10.2. The van der Waals surface area contributed by atoms with Gasteiger partial charge in [-0.3, -0.25) is 10.1 Å². The molecule has 1 aliphatic carbocycles. The van der Waals surface area contributed by atoms with Crippen molar-refractivity contribution in [1.82, 2.24) is 30.3 Å². The van der Waals surface area contributed by atoms with Gasteiger partial charge >= 0.3 is 0 Å². The van der Waals surface area contributed by atoms with Gasteiger partial charge in [0.25, 0.3) is 0 Å². The monoisotopic (exact) mass is 388 g/mol. The van der Waals surface area contributed by atoms with Crippen LogP contribution < -0.4 is 10.6 Å². The molecule has 0 unspecified atom stereocenters. The molecule has 29 heavy (non-hydrogen) atoms. The molecule has 0 saturated heterocycles. The van der Waals surface area contributed by atoms with Gasteiger partial charge in [0.1, 0.15) is 11.5 Å². The van der Waals surface area contributed by atoms with Crippen LogP contribution in [-0.4, -0.2) is 30.3 Å². The molecule has 146 valence electrons. The molecule has 0 aliphatic heterocycles. The average Bonchev–Trinajstić information content (AvgIpc) is 3.29. The summed E-state index contributed by atoms with van der Waals surface area (Å²) in [5, 5.41) is 17.9. The predicted molar refractivity (Wildman–Crippen MR) is 108 cm³/mol. The van der Waals surface area contributed by atoms with Crippen LogP contribution in [0.25, 0.3) is 11.3 Å². The number of aromatic amines is 1. The fraction of sp³-hybridized carbons (Fsp3) is 0.250. The van der Waals surface area contributed by atoms with Crippen LogP contribution in [0.4, 0.5) is 17.6 Å². The number of aromatic nitrogens is 6. The fourth-order valence-electron chi connectivity index (χ4n) is 3.07. The molecule has 1 fully saturated rings. The Morgan fingerprint density at radius 3 is 2.79 bits per heavy atom. The summed E-state index contributed by atoms with van der Waals surface area (Å²) in [7, 11) is 0. The van der Waals surface area contributed by atoms with Crippen molar-refractivity contribution >= 4 is 17.6 Å². The smallest absolute Gasteiger partial charge is 0.225 e. The Morgan fingerprint density at radius 2 is 1.97 bits per heavy atom. The molecule has 4 aromatic rings. The van der Waals surface area contributed by atoms with Crippen LogP contribution in [0.5, 0.6) is 0 Å². The molecule has 1 saturated carbocycles. The quantitative estimate of drug-likeness (QED) is 0.438. The van der Waals surface area contributed by atoms with Gasteiger partial charge in [-0.15, -0.1) is 0 Å². The Kier molecular flexibility index (Phi) is 4.39. The van der Waals surface area contributed by atoms with Crippen molar-refractivity contribution in [3.8, 4) is 11.3 Å². The van der Waals surface area contributed by atoms with Crippen molar-refractivity contribution < 1.29 is 4.52 Å². The summed E-state index contributed by atoms with van der Waals surface area (Å²) in [4.78, 5) is 13.0. The van der Waals surface area contributed by atoms with Crippen LogP contribution in [0.2, 0.25) is 0 Å². The highest BCUT2D eigenvalue weighted by molar-refractivity contribution is 5.58. The number of nitrogens with zero attached hydrogens (tertiary/aromatic N) is 5. The van der Waals surface area contributed by atoms with Crippen molar-refractivity contribution in [2.24, 2.45) is 0 Å². The Morgan fingerprint density at radius 1 is 1.10 bits per heavy atom. The van der Waals surface area contributed by atoms with Gasteiger partial charge in [0.2, 0.25) is 5.95 Å². The minimum absolute atomic E-state index is 0.426. The number of pyridine rings is 1. The highest BCUT2D eigenvalue weighted by Crippen LogP contribution is 2.39. The number of hydrogen-bond acceptors (Lipinski definition) is 8. The first-order chi connectivity index (χ1) is 14.2. The van der Waals surface area contributed by atoms with Crippen LogP contribution in [-0.2, 0) is 6.54 Å². The van der Waals surface area contributed by atoms with Crippen molar-refractivity contribution in [3.63, 3.8) is 0 Å². The summed E-state index contributed by atoms with van der Waals surface area (Å²) in [5.41, 5.74) is 3.74. The van der Waals surface area contributed by atoms with E-state index in [0.717, 1.165) is 22.8 Å². The molecule has 0 atom stereocenters. The Bertz CT molecular complexity index is 1120. The first-order valence-corrected chi connectivity index (χ1v) is 9.51. The largest absolute Gasteiger partial charge is 0.359 e. The zero-order valence-electron chi connectivity index (χ0n) is 15.9. The van der Waals surface area contributed by atoms with E-state index >= 15 is 0 Å². The van der Waals surface area contributed by atoms with Crippen molar-refractivity contribution in [2.45, 2.75) is 32.2 Å². The molecule has 4 heterocycles. The molecule has 3 N–H and O–H groups in total. The molecule has 0 spiro atoms. The van der Waals surface area contributed by atoms with E-state index in [0.29, 0.717) is 30.0 Å². The van der Waals surface area contributed by atoms with Gasteiger partial charge in [-0.25, -0.2) is 4.98 Å². The van der Waals surface area contributed by atoms with E-state index in [2.05, 4.69) is 40.9 Å². The Balaban J connectivity index is 1.26. The summed E-state index contributed by atoms with van der Waals surface area (Å²) in [6.45, 7) is 2.35. The van der Waals surface area contributed by atoms with Crippen LogP contribution in [0.15, 0.2) is 47.2 Å². The summed E-state index contributed by atoms with van der Waals surface area (Å²) in [6.07, 6.45) is 5.91. The van der Waals surface area contributed by atoms with Crippen LogP contribution in [0.3, 0.4) is 0 Å². The van der Waals surface area contributed by atoms with Crippen molar-refractivity contribution in [2.75, 3.05) is 10.6 Å². The van der Waals surface area contributed by atoms with E-state index in [-0.39, 0.29) is 0 Å². The van der Waals surface area contributed by atoms with Gasteiger partial charge in [0.05, 0.1) is 6.54 Å². The van der Waals surface area contributed by atoms with Gasteiger partial charge in [-0.1, -0.05) is 5.16 Å². The number of H-pyrrole nitrogens is 1. The molecule has 0 bridgehead atoms. The molecule has 0 amide bonds. The second kappa shape index (κ2) is 7.34. The van der Waals surface area contributed by atoms with Crippen LogP contribution in [0.1, 0.15) is 35.9 Å². The number of hydrogen-bond donors (Lipinski definition) is 3. The SMILES string of the molecule is Cc1cc(Nc2cc(C3CC3)[nH]n2)nc(NCc2cc(-c3ccncc3)no2)n1. The molecule has 5 rings (SSSR count). The fourth-order valence-corrected chi connectivity index (χ4v) is 3.07. The number of aryl methyl sites for hydroxylation is 1. The van der Waals surface area contributed by atoms with Gasteiger partial charge in [-0.2, -0.15) is 10.1 Å². The van der Waals surface area contributed by atoms with Crippen molar-refractivity contribution in [3.05, 3.63) is 59.9 Å². The van der Waals surface area contributed by atoms with E-state index in [1.54, 1.807) is 12.4 Å². The van der Waals surface area contributed by atoms with E-state index in [1.807, 2.05) is 37.3 Å². The van der Waals surface area contributed by atoms with Gasteiger partial charge in [-0.05, 0) is 31.9 Å². The summed E-state index contributed by atoms with van der Waals surface area (Å²) < 4.78 is 5.41. The van der Waals surface area contributed by atoms with E-state index in [1.165, 1.54) is 18.5 Å². The molecule has 9 nitrogen and oxygen atoms in total. The third-order valence-electron chi connectivity index (χ3n) is 4.68. The highest BCUT2D eigenvalue weighted by atomic mass is 16.5. The lowest BCUT2D eigenvalue weighted by Gasteiger charge is -2.07. The molecule has 4 aromatic heterocycles. The molecule has 0 radical (unpaired) electrons. The molecule has 1 aliphatic rings. The highest BCUT2D eigenvalue weighted by Gasteiger charge is 2.25. The lowest BCUT2D eigenvalue weighted by molar-refractivity contribution is 0.390. The Hall–Kier alpha value is -3.75. The van der Waals surface area contributed by atoms with Gasteiger partial charge in [0.15, 0.2) is 11.6 Å². The normalized spacial score (nSPS) is 13.4.